The number of nitrogens with one attached hydrogen (secondary N) is 1. The molecule has 2 rings (SSSR count). The van der Waals surface area contributed by atoms with Crippen LogP contribution in [0.2, 0.25) is 5.02 Å². The van der Waals surface area contributed by atoms with Crippen LogP contribution in [0.25, 0.3) is 0 Å². The Morgan fingerprint density at radius 3 is 2.43 bits per heavy atom. The second-order valence-corrected chi connectivity index (χ2v) is 6.63. The lowest BCUT2D eigenvalue weighted by atomic mass is 10.2. The van der Waals surface area contributed by atoms with E-state index < -0.39 is 15.9 Å². The number of hydrogen-bond acceptors (Lipinski definition) is 4. The average Bonchev–Trinajstić information content (AvgIpc) is 2.50. The van der Waals surface area contributed by atoms with Gasteiger partial charge in [-0.1, -0.05) is 17.7 Å². The zero-order valence-electron chi connectivity index (χ0n) is 12.2. The standard InChI is InChI=1S/C15H15ClN2O4S/c1-2-22-14-12(16)4-3-5-13(14)18-23(20,21)11-8-6-10(7-9-11)15(17)19/h3-9,18H,2H2,1H3,(H2,17,19). The number of ether oxygens (including phenoxy) is 1. The predicted molar refractivity (Wildman–Crippen MR) is 88.4 cm³/mol. The van der Waals surface area contributed by atoms with Crippen molar-refractivity contribution < 1.29 is 17.9 Å². The molecule has 8 heteroatoms. The molecule has 0 saturated heterocycles. The van der Waals surface area contributed by atoms with Crippen molar-refractivity contribution in [3.05, 3.63) is 53.1 Å². The van der Waals surface area contributed by atoms with E-state index in [0.29, 0.717) is 11.6 Å². The van der Waals surface area contributed by atoms with Gasteiger partial charge >= 0.3 is 0 Å². The first-order valence-corrected chi connectivity index (χ1v) is 8.55. The SMILES string of the molecule is CCOc1c(Cl)cccc1NS(=O)(=O)c1ccc(C(N)=O)cc1. The highest BCUT2D eigenvalue weighted by Gasteiger charge is 2.18. The number of hydrogen-bond donors (Lipinski definition) is 2. The van der Waals surface area contributed by atoms with Crippen molar-refractivity contribution in [2.75, 3.05) is 11.3 Å². The molecule has 0 bridgehead atoms. The number of amides is 1. The number of sulfonamides is 1. The molecule has 2 aromatic carbocycles. The number of primary amides is 1. The Hall–Kier alpha value is -2.25. The van der Waals surface area contributed by atoms with Crippen LogP contribution in [0.15, 0.2) is 47.4 Å². The summed E-state index contributed by atoms with van der Waals surface area (Å²) in [5.41, 5.74) is 5.59. The van der Waals surface area contributed by atoms with Crippen molar-refractivity contribution in [2.45, 2.75) is 11.8 Å². The first-order valence-electron chi connectivity index (χ1n) is 6.69. The molecule has 0 spiro atoms. The van der Waals surface area contributed by atoms with Crippen molar-refractivity contribution in [2.24, 2.45) is 5.73 Å². The number of carbonyl (C=O) groups is 1. The number of benzene rings is 2. The van der Waals surface area contributed by atoms with Crippen molar-refractivity contribution in [3.63, 3.8) is 0 Å². The van der Waals surface area contributed by atoms with E-state index in [1.54, 1.807) is 25.1 Å². The van der Waals surface area contributed by atoms with Crippen LogP contribution in [-0.2, 0) is 10.0 Å². The fourth-order valence-electron chi connectivity index (χ4n) is 1.88. The molecule has 0 heterocycles. The molecule has 0 fully saturated rings. The third-order valence-corrected chi connectivity index (χ3v) is 4.63. The summed E-state index contributed by atoms with van der Waals surface area (Å²) in [4.78, 5) is 11.0. The van der Waals surface area contributed by atoms with E-state index in [0.717, 1.165) is 0 Å². The Kier molecular flexibility index (Phi) is 5.12. The van der Waals surface area contributed by atoms with Gasteiger partial charge < -0.3 is 10.5 Å². The highest BCUT2D eigenvalue weighted by atomic mass is 35.5. The van der Waals surface area contributed by atoms with Crippen LogP contribution in [0.4, 0.5) is 5.69 Å². The number of halogens is 1. The van der Waals surface area contributed by atoms with Crippen LogP contribution in [0.3, 0.4) is 0 Å². The summed E-state index contributed by atoms with van der Waals surface area (Å²) in [5.74, 6) is -0.371. The molecule has 0 aliphatic rings. The van der Waals surface area contributed by atoms with Crippen LogP contribution in [-0.4, -0.2) is 20.9 Å². The van der Waals surface area contributed by atoms with Gasteiger partial charge in [0.05, 0.1) is 22.2 Å². The topological polar surface area (TPSA) is 98.5 Å². The van der Waals surface area contributed by atoms with Crippen molar-refractivity contribution in [1.82, 2.24) is 0 Å². The van der Waals surface area contributed by atoms with Gasteiger partial charge in [0.15, 0.2) is 5.75 Å². The van der Waals surface area contributed by atoms with Gasteiger partial charge in [-0.15, -0.1) is 0 Å². The number of rotatable bonds is 6. The molecule has 1 amide bonds. The lowest BCUT2D eigenvalue weighted by Crippen LogP contribution is -2.15. The molecule has 0 unspecified atom stereocenters. The fourth-order valence-corrected chi connectivity index (χ4v) is 3.17. The highest BCUT2D eigenvalue weighted by Crippen LogP contribution is 2.34. The van der Waals surface area contributed by atoms with Gasteiger partial charge in [-0.3, -0.25) is 9.52 Å². The average molecular weight is 355 g/mol. The number of nitrogens with two attached hydrogens (primary N) is 1. The van der Waals surface area contributed by atoms with Crippen LogP contribution >= 0.6 is 11.6 Å². The van der Waals surface area contributed by atoms with E-state index in [1.165, 1.54) is 24.3 Å². The Morgan fingerprint density at radius 1 is 1.22 bits per heavy atom. The monoisotopic (exact) mass is 354 g/mol. The van der Waals surface area contributed by atoms with Gasteiger partial charge in [-0.05, 0) is 43.3 Å². The molecular formula is C15H15ClN2O4S. The van der Waals surface area contributed by atoms with Gasteiger partial charge in [0.1, 0.15) is 0 Å². The lowest BCUT2D eigenvalue weighted by molar-refractivity contribution is 0.1000. The molecule has 122 valence electrons. The van der Waals surface area contributed by atoms with Crippen molar-refractivity contribution in [1.29, 1.82) is 0 Å². The Balaban J connectivity index is 2.35. The zero-order valence-corrected chi connectivity index (χ0v) is 13.8. The van der Waals surface area contributed by atoms with Crippen LogP contribution in [0, 0.1) is 0 Å². The third kappa shape index (κ3) is 3.94. The Morgan fingerprint density at radius 2 is 1.87 bits per heavy atom. The third-order valence-electron chi connectivity index (χ3n) is 2.95. The Labute approximate surface area is 139 Å². The van der Waals surface area contributed by atoms with E-state index in [-0.39, 0.29) is 21.9 Å². The van der Waals surface area contributed by atoms with E-state index in [2.05, 4.69) is 4.72 Å². The fraction of sp³-hybridized carbons (Fsp3) is 0.133. The molecule has 0 aliphatic carbocycles. The summed E-state index contributed by atoms with van der Waals surface area (Å²) in [6.07, 6.45) is 0. The predicted octanol–water partition coefficient (Wildman–Crippen LogP) is 2.64. The van der Waals surface area contributed by atoms with Crippen LogP contribution < -0.4 is 15.2 Å². The largest absolute Gasteiger partial charge is 0.490 e. The van der Waals surface area contributed by atoms with Crippen molar-refractivity contribution in [3.8, 4) is 5.75 Å². The minimum Gasteiger partial charge on any atom is -0.490 e. The van der Waals surface area contributed by atoms with Gasteiger partial charge in [0.2, 0.25) is 5.91 Å². The number of carbonyl (C=O) groups excluding carboxylic acids is 1. The molecule has 2 aromatic rings. The number of anilines is 1. The summed E-state index contributed by atoms with van der Waals surface area (Å²) < 4.78 is 32.7. The van der Waals surface area contributed by atoms with E-state index >= 15 is 0 Å². The molecule has 6 nitrogen and oxygen atoms in total. The molecular weight excluding hydrogens is 340 g/mol. The molecule has 0 aliphatic heterocycles. The molecule has 3 N–H and O–H groups in total. The van der Waals surface area contributed by atoms with E-state index in [4.69, 9.17) is 22.1 Å². The highest BCUT2D eigenvalue weighted by molar-refractivity contribution is 7.92. The van der Waals surface area contributed by atoms with Gasteiger partial charge in [-0.25, -0.2) is 8.42 Å². The first-order chi connectivity index (χ1) is 10.8. The minimum absolute atomic E-state index is 0.00933. The molecule has 0 atom stereocenters. The maximum absolute atomic E-state index is 12.4. The summed E-state index contributed by atoms with van der Waals surface area (Å²) in [6.45, 7) is 2.11. The zero-order chi connectivity index (χ0) is 17.0. The summed E-state index contributed by atoms with van der Waals surface area (Å²) in [6, 6.07) is 10.0. The van der Waals surface area contributed by atoms with Crippen LogP contribution in [0.5, 0.6) is 5.75 Å². The minimum atomic E-state index is -3.85. The summed E-state index contributed by atoms with van der Waals surface area (Å²) in [5, 5.41) is 0.302. The van der Waals surface area contributed by atoms with Gasteiger partial charge in [0, 0.05) is 5.56 Å². The smallest absolute Gasteiger partial charge is 0.262 e. The van der Waals surface area contributed by atoms with Gasteiger partial charge in [-0.2, -0.15) is 0 Å². The van der Waals surface area contributed by atoms with Crippen molar-refractivity contribution >= 4 is 33.2 Å². The second-order valence-electron chi connectivity index (χ2n) is 4.54. The number of para-hydroxylation sites is 1. The summed E-state index contributed by atoms with van der Waals surface area (Å²) >= 11 is 6.03. The molecule has 0 radical (unpaired) electrons. The summed E-state index contributed by atoms with van der Waals surface area (Å²) in [7, 11) is -3.85. The quantitative estimate of drug-likeness (QED) is 0.833. The molecule has 23 heavy (non-hydrogen) atoms. The first kappa shape index (κ1) is 17.1. The second kappa shape index (κ2) is 6.89. The normalized spacial score (nSPS) is 11.0. The van der Waals surface area contributed by atoms with E-state index in [9.17, 15) is 13.2 Å². The van der Waals surface area contributed by atoms with Gasteiger partial charge in [0.25, 0.3) is 10.0 Å². The van der Waals surface area contributed by atoms with E-state index in [1.807, 2.05) is 0 Å². The maximum atomic E-state index is 12.4. The van der Waals surface area contributed by atoms with Crippen LogP contribution in [0.1, 0.15) is 17.3 Å². The molecule has 0 saturated carbocycles. The molecule has 0 aromatic heterocycles. The maximum Gasteiger partial charge on any atom is 0.262 e. The Bertz CT molecular complexity index is 820. The lowest BCUT2D eigenvalue weighted by Gasteiger charge is -2.14.